The fourth-order valence-electron chi connectivity index (χ4n) is 5.27. The van der Waals surface area contributed by atoms with Crippen molar-refractivity contribution in [1.82, 2.24) is 14.7 Å². The minimum atomic E-state index is -0.105. The minimum Gasteiger partial charge on any atom is -0.339 e. The molecular weight excluding hydrogens is 404 g/mol. The highest BCUT2D eigenvalue weighted by Crippen LogP contribution is 2.29. The molecule has 0 aromatic heterocycles. The topological polar surface area (TPSA) is 73.0 Å². The van der Waals surface area contributed by atoms with E-state index < -0.39 is 0 Å². The molecule has 1 saturated carbocycles. The van der Waals surface area contributed by atoms with Crippen LogP contribution in [0.5, 0.6) is 0 Å². The van der Waals surface area contributed by atoms with E-state index in [2.05, 4.69) is 5.32 Å². The number of amides is 4. The van der Waals surface area contributed by atoms with Gasteiger partial charge in [-0.1, -0.05) is 43.9 Å². The summed E-state index contributed by atoms with van der Waals surface area (Å²) < 4.78 is 0. The van der Waals surface area contributed by atoms with E-state index in [0.29, 0.717) is 58.5 Å². The van der Waals surface area contributed by atoms with Gasteiger partial charge < -0.3 is 20.0 Å². The molecule has 4 amide bonds. The monoisotopic (exact) mass is 440 g/mol. The fourth-order valence-corrected chi connectivity index (χ4v) is 5.27. The Morgan fingerprint density at radius 3 is 2.06 bits per heavy atom. The number of carbonyl (C=O) groups excluding carboxylic acids is 3. The van der Waals surface area contributed by atoms with Gasteiger partial charge in [-0.2, -0.15) is 0 Å². The quantitative estimate of drug-likeness (QED) is 0.761. The van der Waals surface area contributed by atoms with Gasteiger partial charge in [-0.05, 0) is 37.3 Å². The molecule has 0 spiro atoms. The third kappa shape index (κ3) is 5.81. The van der Waals surface area contributed by atoms with Gasteiger partial charge in [0.25, 0.3) is 0 Å². The Hall–Kier alpha value is -2.57. The molecule has 3 aliphatic rings. The maximum absolute atomic E-state index is 13.0. The van der Waals surface area contributed by atoms with Crippen LogP contribution in [0.2, 0.25) is 0 Å². The van der Waals surface area contributed by atoms with Crippen LogP contribution in [0.25, 0.3) is 0 Å². The molecule has 2 aliphatic heterocycles. The van der Waals surface area contributed by atoms with E-state index in [1.807, 2.05) is 40.1 Å². The predicted octanol–water partition coefficient (Wildman–Crippen LogP) is 3.57. The third-order valence-electron chi connectivity index (χ3n) is 7.34. The number of piperazine rings is 1. The van der Waals surface area contributed by atoms with Gasteiger partial charge >= 0.3 is 6.03 Å². The van der Waals surface area contributed by atoms with Crippen molar-refractivity contribution in [3.63, 3.8) is 0 Å². The molecule has 0 unspecified atom stereocenters. The molecule has 2 saturated heterocycles. The molecule has 2 heterocycles. The minimum absolute atomic E-state index is 0.0274. The Kier molecular flexibility index (Phi) is 7.66. The molecular formula is C25H36N4O3. The molecule has 1 aromatic carbocycles. The van der Waals surface area contributed by atoms with Gasteiger partial charge in [-0.15, -0.1) is 0 Å². The Balaban J connectivity index is 1.16. The van der Waals surface area contributed by atoms with Gasteiger partial charge in [0.15, 0.2) is 0 Å². The molecule has 7 nitrogen and oxygen atoms in total. The Labute approximate surface area is 191 Å². The Morgan fingerprint density at radius 1 is 0.781 bits per heavy atom. The summed E-state index contributed by atoms with van der Waals surface area (Å²) in [6.45, 7) is 3.73. The van der Waals surface area contributed by atoms with E-state index in [0.717, 1.165) is 18.0 Å². The molecule has 0 atom stereocenters. The summed E-state index contributed by atoms with van der Waals surface area (Å²) in [4.78, 5) is 43.7. The van der Waals surface area contributed by atoms with Crippen molar-refractivity contribution in [1.29, 1.82) is 0 Å². The van der Waals surface area contributed by atoms with Crippen LogP contribution in [0.15, 0.2) is 30.3 Å². The van der Waals surface area contributed by atoms with Crippen LogP contribution in [-0.2, 0) is 9.59 Å². The molecule has 1 aromatic rings. The smallest absolute Gasteiger partial charge is 0.321 e. The van der Waals surface area contributed by atoms with Gasteiger partial charge in [-0.25, -0.2) is 4.79 Å². The first kappa shape index (κ1) is 22.6. The van der Waals surface area contributed by atoms with Gasteiger partial charge in [0, 0.05) is 57.3 Å². The van der Waals surface area contributed by atoms with Gasteiger partial charge in [0.05, 0.1) is 0 Å². The standard InChI is InChI=1S/C25H36N4O3/c30-23(11-10-20-6-4-5-7-20)27-16-18-28(19-17-27)24(31)21-12-14-29(15-13-21)25(32)26-22-8-2-1-3-9-22/h1-3,8-9,20-21H,4-7,10-19H2,(H,26,32). The summed E-state index contributed by atoms with van der Waals surface area (Å²) in [6.07, 6.45) is 8.26. The van der Waals surface area contributed by atoms with Crippen molar-refractivity contribution in [3.05, 3.63) is 30.3 Å². The zero-order chi connectivity index (χ0) is 22.3. The number of anilines is 1. The van der Waals surface area contributed by atoms with Crippen molar-refractivity contribution in [2.75, 3.05) is 44.6 Å². The molecule has 1 aliphatic carbocycles. The number of hydrogen-bond acceptors (Lipinski definition) is 3. The van der Waals surface area contributed by atoms with E-state index in [-0.39, 0.29) is 23.8 Å². The molecule has 0 bridgehead atoms. The lowest BCUT2D eigenvalue weighted by Crippen LogP contribution is -2.53. The number of benzene rings is 1. The summed E-state index contributed by atoms with van der Waals surface area (Å²) in [6, 6.07) is 9.33. The van der Waals surface area contributed by atoms with Crippen molar-refractivity contribution < 1.29 is 14.4 Å². The van der Waals surface area contributed by atoms with Crippen molar-refractivity contribution in [2.45, 2.75) is 51.4 Å². The Morgan fingerprint density at radius 2 is 1.41 bits per heavy atom. The second kappa shape index (κ2) is 10.8. The van der Waals surface area contributed by atoms with E-state index in [9.17, 15) is 14.4 Å². The first-order chi connectivity index (χ1) is 15.6. The SMILES string of the molecule is O=C(CCC1CCCC1)N1CCN(C(=O)C2CCN(C(=O)Nc3ccccc3)CC2)CC1. The lowest BCUT2D eigenvalue weighted by atomic mass is 9.95. The fraction of sp³-hybridized carbons (Fsp3) is 0.640. The van der Waals surface area contributed by atoms with Gasteiger partial charge in [0.2, 0.25) is 11.8 Å². The summed E-state index contributed by atoms with van der Waals surface area (Å²) in [5.74, 6) is 1.15. The molecule has 32 heavy (non-hydrogen) atoms. The van der Waals surface area contributed by atoms with Gasteiger partial charge in [-0.3, -0.25) is 9.59 Å². The number of piperidine rings is 1. The van der Waals surface area contributed by atoms with Crippen molar-refractivity contribution >= 4 is 23.5 Å². The largest absolute Gasteiger partial charge is 0.339 e. The summed E-state index contributed by atoms with van der Waals surface area (Å²) in [5, 5.41) is 2.92. The summed E-state index contributed by atoms with van der Waals surface area (Å²) in [5.41, 5.74) is 0.784. The van der Waals surface area contributed by atoms with Crippen LogP contribution in [0.1, 0.15) is 51.4 Å². The summed E-state index contributed by atoms with van der Waals surface area (Å²) in [7, 11) is 0. The number of hydrogen-bond donors (Lipinski definition) is 1. The van der Waals surface area contributed by atoms with Crippen LogP contribution in [-0.4, -0.2) is 71.8 Å². The second-order valence-electron chi connectivity index (χ2n) is 9.45. The lowest BCUT2D eigenvalue weighted by molar-refractivity contribution is -0.143. The second-order valence-corrected chi connectivity index (χ2v) is 9.45. The number of para-hydroxylation sites is 1. The molecule has 1 N–H and O–H groups in total. The highest BCUT2D eigenvalue weighted by molar-refractivity contribution is 5.89. The highest BCUT2D eigenvalue weighted by Gasteiger charge is 2.32. The average Bonchev–Trinajstić information content (AvgIpc) is 3.37. The van der Waals surface area contributed by atoms with Crippen LogP contribution in [0.4, 0.5) is 10.5 Å². The molecule has 3 fully saturated rings. The van der Waals surface area contributed by atoms with Crippen LogP contribution in [0.3, 0.4) is 0 Å². The number of nitrogens with one attached hydrogen (secondary N) is 1. The first-order valence-corrected chi connectivity index (χ1v) is 12.3. The number of urea groups is 1. The van der Waals surface area contributed by atoms with E-state index in [1.54, 1.807) is 4.90 Å². The molecule has 0 radical (unpaired) electrons. The van der Waals surface area contributed by atoms with Crippen LogP contribution in [0, 0.1) is 11.8 Å². The van der Waals surface area contributed by atoms with E-state index >= 15 is 0 Å². The van der Waals surface area contributed by atoms with E-state index in [4.69, 9.17) is 0 Å². The third-order valence-corrected chi connectivity index (χ3v) is 7.34. The Bertz CT molecular complexity index is 778. The number of nitrogens with zero attached hydrogens (tertiary/aromatic N) is 3. The zero-order valence-corrected chi connectivity index (χ0v) is 19.0. The predicted molar refractivity (Wildman–Crippen MR) is 124 cm³/mol. The molecule has 4 rings (SSSR count). The molecule has 7 heteroatoms. The normalized spacial score (nSPS) is 20.4. The lowest BCUT2D eigenvalue weighted by Gasteiger charge is -2.38. The summed E-state index contributed by atoms with van der Waals surface area (Å²) >= 11 is 0. The number of likely N-dealkylation sites (tertiary alicyclic amines) is 1. The number of carbonyl (C=O) groups is 3. The highest BCUT2D eigenvalue weighted by atomic mass is 16.2. The zero-order valence-electron chi connectivity index (χ0n) is 19.0. The van der Waals surface area contributed by atoms with Crippen molar-refractivity contribution in [3.8, 4) is 0 Å². The van der Waals surface area contributed by atoms with E-state index in [1.165, 1.54) is 25.7 Å². The average molecular weight is 441 g/mol. The van der Waals surface area contributed by atoms with Crippen LogP contribution >= 0.6 is 0 Å². The maximum atomic E-state index is 13.0. The maximum Gasteiger partial charge on any atom is 0.321 e. The number of rotatable bonds is 5. The van der Waals surface area contributed by atoms with Crippen LogP contribution < -0.4 is 5.32 Å². The molecule has 174 valence electrons. The first-order valence-electron chi connectivity index (χ1n) is 12.3. The van der Waals surface area contributed by atoms with Gasteiger partial charge in [0.1, 0.15) is 0 Å². The van der Waals surface area contributed by atoms with Crippen molar-refractivity contribution in [2.24, 2.45) is 11.8 Å².